The van der Waals surface area contributed by atoms with Crippen molar-refractivity contribution in [1.82, 2.24) is 0 Å². The van der Waals surface area contributed by atoms with E-state index in [1.165, 1.54) is 109 Å². The van der Waals surface area contributed by atoms with Crippen molar-refractivity contribution in [2.45, 2.75) is 130 Å². The second-order valence-electron chi connectivity index (χ2n) is 8.81. The number of halogens is 2. The van der Waals surface area contributed by atoms with Gasteiger partial charge in [-0.2, -0.15) is 0 Å². The molecular formula is C25H48I2O2Si. The molecule has 0 bridgehead atoms. The van der Waals surface area contributed by atoms with Crippen LogP contribution in [0.4, 0.5) is 0 Å². The Kier molecular flexibility index (Phi) is 25.3. The quantitative estimate of drug-likeness (QED) is 0.0273. The lowest BCUT2D eigenvalue weighted by Crippen LogP contribution is -2.05. The summed E-state index contributed by atoms with van der Waals surface area (Å²) in [6.45, 7) is 5.83. The molecule has 5 heteroatoms. The van der Waals surface area contributed by atoms with E-state index in [9.17, 15) is 4.79 Å². The van der Waals surface area contributed by atoms with Gasteiger partial charge in [0.15, 0.2) is 0 Å². The summed E-state index contributed by atoms with van der Waals surface area (Å²) in [5.74, 6) is -0.251. The number of alkyl halides is 2. The number of esters is 1. The molecule has 178 valence electrons. The van der Waals surface area contributed by atoms with E-state index in [1.54, 1.807) is 13.0 Å². The first-order valence-corrected chi connectivity index (χ1v) is 17.0. The topological polar surface area (TPSA) is 26.3 Å². The molecule has 0 unspecified atom stereocenters. The number of carbonyl (C=O) groups is 1. The zero-order valence-corrected chi connectivity index (χ0v) is 25.4. The molecule has 0 aromatic rings. The molecule has 0 amide bonds. The molecule has 0 radical (unpaired) electrons. The first kappa shape index (κ1) is 30.9. The molecule has 0 aliphatic rings. The van der Waals surface area contributed by atoms with Crippen molar-refractivity contribution in [1.29, 1.82) is 0 Å². The molecule has 0 spiro atoms. The molecule has 0 fully saturated rings. The van der Waals surface area contributed by atoms with Gasteiger partial charge in [-0.1, -0.05) is 167 Å². The second-order valence-corrected chi connectivity index (χ2v) is 19.6. The first-order chi connectivity index (χ1) is 14.5. The van der Waals surface area contributed by atoms with Gasteiger partial charge >= 0.3 is 5.97 Å². The molecule has 0 saturated carbocycles. The van der Waals surface area contributed by atoms with Gasteiger partial charge in [0.2, 0.25) is 0 Å². The summed E-state index contributed by atoms with van der Waals surface area (Å²) in [6.07, 6.45) is 25.0. The van der Waals surface area contributed by atoms with E-state index in [0.717, 1.165) is 7.98 Å². The largest absolute Gasteiger partial charge is 0.462 e. The third kappa shape index (κ3) is 25.2. The van der Waals surface area contributed by atoms with Crippen LogP contribution in [0, 0.1) is 0 Å². The molecule has 0 atom stereocenters. The molecule has 0 aromatic carbocycles. The van der Waals surface area contributed by atoms with Crippen LogP contribution < -0.4 is 0 Å². The number of hydrogen-bond acceptors (Lipinski definition) is 2. The number of unbranched alkanes of at least 4 members (excludes halogenated alkanes) is 17. The highest BCUT2D eigenvalue weighted by molar-refractivity contribution is 14.2. The Labute approximate surface area is 217 Å². The zero-order valence-electron chi connectivity index (χ0n) is 19.7. The van der Waals surface area contributed by atoms with Crippen LogP contribution in [0.1, 0.15) is 122 Å². The Morgan fingerprint density at radius 1 is 0.700 bits per heavy atom. The van der Waals surface area contributed by atoms with E-state index in [-0.39, 0.29) is 15.5 Å². The molecule has 0 aromatic heterocycles. The molecule has 0 heterocycles. The highest BCUT2D eigenvalue weighted by atomic mass is 127. The molecular weight excluding hydrogens is 614 g/mol. The van der Waals surface area contributed by atoms with Crippen molar-refractivity contribution >= 4 is 60.7 Å². The normalized spacial score (nSPS) is 11.6. The van der Waals surface area contributed by atoms with E-state index >= 15 is 0 Å². The maximum absolute atomic E-state index is 11.2. The number of rotatable bonds is 23. The molecule has 0 saturated heterocycles. The van der Waals surface area contributed by atoms with Gasteiger partial charge in [-0.3, -0.25) is 0 Å². The lowest BCUT2D eigenvalue weighted by atomic mass is 10.0. The predicted octanol–water partition coefficient (Wildman–Crippen LogP) is 8.87. The predicted molar refractivity (Wildman–Crippen MR) is 154 cm³/mol. The summed E-state index contributed by atoms with van der Waals surface area (Å²) < 4.78 is 6.07. The van der Waals surface area contributed by atoms with Crippen molar-refractivity contribution in [3.8, 4) is 0 Å². The maximum Gasteiger partial charge on any atom is 0.333 e. The van der Waals surface area contributed by atoms with Crippen molar-refractivity contribution < 1.29 is 9.53 Å². The van der Waals surface area contributed by atoms with Crippen molar-refractivity contribution in [3.05, 3.63) is 12.2 Å². The highest BCUT2D eigenvalue weighted by Crippen LogP contribution is 2.15. The Morgan fingerprint density at radius 3 is 1.37 bits per heavy atom. The molecule has 0 aliphatic heterocycles. The fourth-order valence-electron chi connectivity index (χ4n) is 3.69. The fraction of sp³-hybridized carbons (Fsp3) is 0.880. The van der Waals surface area contributed by atoms with Gasteiger partial charge in [0.1, 0.15) is 0 Å². The minimum Gasteiger partial charge on any atom is -0.462 e. The van der Waals surface area contributed by atoms with Gasteiger partial charge in [-0.25, -0.2) is 4.79 Å². The summed E-state index contributed by atoms with van der Waals surface area (Å²) in [5, 5.41) is 0. The number of ether oxygens (including phenoxy) is 1. The molecule has 0 rings (SSSR count). The minimum atomic E-state index is -0.251. The zero-order chi connectivity index (χ0) is 22.3. The number of carbonyl (C=O) groups excluding carboxylic acids is 1. The average molecular weight is 663 g/mol. The van der Waals surface area contributed by atoms with Gasteiger partial charge in [0.05, 0.1) is 6.61 Å². The smallest absolute Gasteiger partial charge is 0.333 e. The third-order valence-electron chi connectivity index (χ3n) is 5.65. The van der Waals surface area contributed by atoms with E-state index in [1.807, 2.05) is 0 Å². The van der Waals surface area contributed by atoms with Gasteiger partial charge in [0, 0.05) is 16.6 Å². The molecule has 0 aliphatic carbocycles. The van der Waals surface area contributed by atoms with Crippen LogP contribution in [0.25, 0.3) is 0 Å². The third-order valence-corrected chi connectivity index (χ3v) is 10.7. The van der Waals surface area contributed by atoms with Crippen LogP contribution >= 0.6 is 45.2 Å². The summed E-state index contributed by atoms with van der Waals surface area (Å²) in [5.41, 5.74) is 0.494. The van der Waals surface area contributed by atoms with Crippen LogP contribution in [-0.4, -0.2) is 23.7 Å². The van der Waals surface area contributed by atoms with Crippen LogP contribution in [0.2, 0.25) is 6.04 Å². The van der Waals surface area contributed by atoms with Gasteiger partial charge in [0.25, 0.3) is 0 Å². The average Bonchev–Trinajstić information content (AvgIpc) is 2.71. The van der Waals surface area contributed by atoms with Gasteiger partial charge in [-0.05, 0) is 13.3 Å². The molecule has 30 heavy (non-hydrogen) atoms. The summed E-state index contributed by atoms with van der Waals surface area (Å²) in [4.78, 5) is 11.2. The van der Waals surface area contributed by atoms with E-state index in [4.69, 9.17) is 4.74 Å². The Balaban J connectivity index is 3.07. The maximum atomic E-state index is 11.2. The second kappa shape index (κ2) is 24.5. The SMILES string of the molecule is C=C(C)C(=O)OCCCCCCCCCCCCCCCCCCCC[SiH2]C(I)I. The summed E-state index contributed by atoms with van der Waals surface area (Å²) in [7, 11) is 0.230. The van der Waals surface area contributed by atoms with Gasteiger partial charge < -0.3 is 4.74 Å². The van der Waals surface area contributed by atoms with Gasteiger partial charge in [-0.15, -0.1) is 0 Å². The monoisotopic (exact) mass is 662 g/mol. The molecule has 2 nitrogen and oxygen atoms in total. The number of hydrogen-bond donors (Lipinski definition) is 0. The summed E-state index contributed by atoms with van der Waals surface area (Å²) >= 11 is 5.18. The van der Waals surface area contributed by atoms with Crippen LogP contribution in [0.15, 0.2) is 12.2 Å². The summed E-state index contributed by atoms with van der Waals surface area (Å²) in [6, 6.07) is 1.56. The Bertz CT molecular complexity index is 403. The lowest BCUT2D eigenvalue weighted by molar-refractivity contribution is -0.139. The van der Waals surface area contributed by atoms with Crippen molar-refractivity contribution in [2.75, 3.05) is 6.61 Å². The van der Waals surface area contributed by atoms with Crippen molar-refractivity contribution in [2.24, 2.45) is 0 Å². The van der Waals surface area contributed by atoms with E-state index < -0.39 is 0 Å². The van der Waals surface area contributed by atoms with E-state index in [2.05, 4.69) is 51.8 Å². The Morgan fingerprint density at radius 2 is 1.03 bits per heavy atom. The van der Waals surface area contributed by atoms with Crippen LogP contribution in [-0.2, 0) is 9.53 Å². The molecule has 0 N–H and O–H groups in total. The lowest BCUT2D eigenvalue weighted by Gasteiger charge is -2.05. The fourth-order valence-corrected chi connectivity index (χ4v) is 7.29. The minimum absolute atomic E-state index is 0.230. The van der Waals surface area contributed by atoms with Crippen LogP contribution in [0.5, 0.6) is 0 Å². The van der Waals surface area contributed by atoms with Crippen LogP contribution in [0.3, 0.4) is 0 Å². The first-order valence-electron chi connectivity index (χ1n) is 12.6. The van der Waals surface area contributed by atoms with Crippen molar-refractivity contribution in [3.63, 3.8) is 0 Å². The Hall–Kier alpha value is 0.887. The standard InChI is InChI=1S/C25H48I2O2Si/c1-23(2)24(28)29-21-19-17-15-13-11-9-7-5-3-4-6-8-10-12-14-16-18-20-22-30-25(26)27/h25H,1,3-22,30H2,2H3. The highest BCUT2D eigenvalue weighted by Gasteiger charge is 2.02. The van der Waals surface area contributed by atoms with E-state index in [0.29, 0.717) is 12.2 Å².